The molecule has 0 aliphatic rings. The van der Waals surface area contributed by atoms with Crippen molar-refractivity contribution in [1.29, 1.82) is 0 Å². The van der Waals surface area contributed by atoms with Gasteiger partial charge in [-0.2, -0.15) is 0 Å². The molecule has 0 saturated carbocycles. The van der Waals surface area contributed by atoms with E-state index in [-0.39, 0.29) is 5.56 Å². The van der Waals surface area contributed by atoms with E-state index in [1.807, 2.05) is 0 Å². The van der Waals surface area contributed by atoms with Crippen LogP contribution in [0.25, 0.3) is 0 Å². The van der Waals surface area contributed by atoms with Crippen LogP contribution in [0.5, 0.6) is 0 Å². The molecule has 0 aliphatic heterocycles. The molecule has 1 heterocycles. The molecule has 15 heavy (non-hydrogen) atoms. The normalized spacial score (nSPS) is 10.7. The molecular weight excluding hydrogens is 214 g/mol. The van der Waals surface area contributed by atoms with Gasteiger partial charge in [-0.15, -0.1) is 0 Å². The zero-order valence-corrected chi connectivity index (χ0v) is 7.24. The standard InChI is InChI=1S/C7H6F2N2O4/c8-5(9)4-1-3(2-12)6(11(14)15)10-7(4)13/h1,5,12H,2H2,(H,10,13). The Morgan fingerprint density at radius 2 is 2.20 bits per heavy atom. The van der Waals surface area contributed by atoms with Gasteiger partial charge in [0.15, 0.2) is 0 Å². The number of nitrogens with one attached hydrogen (secondary N) is 1. The van der Waals surface area contributed by atoms with Gasteiger partial charge in [-0.1, -0.05) is 0 Å². The van der Waals surface area contributed by atoms with Crippen LogP contribution in [0, 0.1) is 10.1 Å². The first-order chi connectivity index (χ1) is 6.97. The second kappa shape index (κ2) is 4.13. The number of alkyl halides is 2. The van der Waals surface area contributed by atoms with Crippen LogP contribution in [0.15, 0.2) is 10.9 Å². The summed E-state index contributed by atoms with van der Waals surface area (Å²) in [6.07, 6.45) is -3.04. The van der Waals surface area contributed by atoms with Crippen molar-refractivity contribution in [2.24, 2.45) is 0 Å². The molecule has 0 radical (unpaired) electrons. The summed E-state index contributed by atoms with van der Waals surface area (Å²) < 4.78 is 24.4. The van der Waals surface area contributed by atoms with Crippen LogP contribution in [0.2, 0.25) is 0 Å². The van der Waals surface area contributed by atoms with Crippen LogP contribution >= 0.6 is 0 Å². The van der Waals surface area contributed by atoms with Crippen molar-refractivity contribution in [3.8, 4) is 0 Å². The lowest BCUT2D eigenvalue weighted by Crippen LogP contribution is -2.16. The maximum Gasteiger partial charge on any atom is 0.340 e. The van der Waals surface area contributed by atoms with Crippen LogP contribution < -0.4 is 5.56 Å². The Labute approximate surface area is 81.3 Å². The van der Waals surface area contributed by atoms with E-state index in [0.717, 1.165) is 0 Å². The second-order valence-electron chi connectivity index (χ2n) is 2.64. The summed E-state index contributed by atoms with van der Waals surface area (Å²) in [5, 5.41) is 19.0. The number of nitro groups is 1. The summed E-state index contributed by atoms with van der Waals surface area (Å²) in [5.74, 6) is -0.771. The topological polar surface area (TPSA) is 96.2 Å². The van der Waals surface area contributed by atoms with E-state index < -0.39 is 34.9 Å². The van der Waals surface area contributed by atoms with Crippen LogP contribution in [0.3, 0.4) is 0 Å². The molecule has 1 rings (SSSR count). The van der Waals surface area contributed by atoms with E-state index in [1.165, 1.54) is 0 Å². The third kappa shape index (κ3) is 2.15. The number of pyridine rings is 1. The number of aliphatic hydroxyl groups excluding tert-OH is 1. The predicted octanol–water partition coefficient (Wildman–Crippen LogP) is 0.713. The minimum absolute atomic E-state index is 0.352. The SMILES string of the molecule is O=c1[nH]c([N+](=O)[O-])c(CO)cc1C(F)F. The van der Waals surface area contributed by atoms with Gasteiger partial charge in [-0.25, -0.2) is 18.6 Å². The van der Waals surface area contributed by atoms with Gasteiger partial charge in [0.25, 0.3) is 6.43 Å². The molecule has 0 aromatic carbocycles. The maximum atomic E-state index is 12.2. The molecule has 82 valence electrons. The molecule has 0 fully saturated rings. The lowest BCUT2D eigenvalue weighted by molar-refractivity contribution is -0.390. The summed E-state index contributed by atoms with van der Waals surface area (Å²) in [4.78, 5) is 22.0. The number of aliphatic hydroxyl groups is 1. The first-order valence-electron chi connectivity index (χ1n) is 3.77. The summed E-state index contributed by atoms with van der Waals surface area (Å²) >= 11 is 0. The summed E-state index contributed by atoms with van der Waals surface area (Å²) in [6.45, 7) is -0.799. The highest BCUT2D eigenvalue weighted by atomic mass is 19.3. The fourth-order valence-corrected chi connectivity index (χ4v) is 1.03. The van der Waals surface area contributed by atoms with Gasteiger partial charge in [0, 0.05) is 0 Å². The van der Waals surface area contributed by atoms with Crippen LogP contribution in [0.4, 0.5) is 14.6 Å². The van der Waals surface area contributed by atoms with Gasteiger partial charge >= 0.3 is 11.4 Å². The number of nitrogens with zero attached hydrogens (tertiary/aromatic N) is 1. The Balaban J connectivity index is 3.42. The zero-order valence-electron chi connectivity index (χ0n) is 7.24. The molecule has 2 N–H and O–H groups in total. The number of hydrogen-bond donors (Lipinski definition) is 2. The number of rotatable bonds is 3. The highest BCUT2D eigenvalue weighted by molar-refractivity contribution is 5.34. The number of aromatic amines is 1. The minimum Gasteiger partial charge on any atom is -0.391 e. The molecular formula is C7H6F2N2O4. The summed E-state index contributed by atoms with van der Waals surface area (Å²) in [7, 11) is 0. The van der Waals surface area contributed by atoms with Crippen LogP contribution in [0.1, 0.15) is 17.6 Å². The smallest absolute Gasteiger partial charge is 0.340 e. The van der Waals surface area contributed by atoms with Crippen molar-refractivity contribution in [2.75, 3.05) is 0 Å². The van der Waals surface area contributed by atoms with Crippen LogP contribution in [-0.2, 0) is 6.61 Å². The lowest BCUT2D eigenvalue weighted by atomic mass is 10.2. The molecule has 6 nitrogen and oxygen atoms in total. The average Bonchev–Trinajstić information content (AvgIpc) is 2.16. The Morgan fingerprint density at radius 3 is 2.60 bits per heavy atom. The Kier molecular flexibility index (Phi) is 3.10. The Bertz CT molecular complexity index is 443. The molecule has 0 saturated heterocycles. The van der Waals surface area contributed by atoms with E-state index in [0.29, 0.717) is 6.07 Å². The lowest BCUT2D eigenvalue weighted by Gasteiger charge is -2.02. The first kappa shape index (κ1) is 11.2. The molecule has 0 atom stereocenters. The van der Waals surface area contributed by atoms with E-state index >= 15 is 0 Å². The molecule has 1 aromatic rings. The van der Waals surface area contributed by atoms with Crippen molar-refractivity contribution < 1.29 is 18.8 Å². The quantitative estimate of drug-likeness (QED) is 0.579. The molecule has 8 heteroatoms. The van der Waals surface area contributed by atoms with Gasteiger partial charge in [-0.05, 0) is 11.0 Å². The van der Waals surface area contributed by atoms with Crippen LogP contribution in [-0.4, -0.2) is 15.0 Å². The number of H-pyrrole nitrogens is 1. The third-order valence-corrected chi connectivity index (χ3v) is 1.72. The van der Waals surface area contributed by atoms with Gasteiger partial charge < -0.3 is 15.2 Å². The monoisotopic (exact) mass is 220 g/mol. The molecule has 0 unspecified atom stereocenters. The molecule has 0 amide bonds. The van der Waals surface area contributed by atoms with Gasteiger partial charge in [0.1, 0.15) is 5.56 Å². The van der Waals surface area contributed by atoms with Crippen molar-refractivity contribution in [1.82, 2.24) is 4.98 Å². The first-order valence-corrected chi connectivity index (χ1v) is 3.77. The van der Waals surface area contributed by atoms with E-state index in [2.05, 4.69) is 0 Å². The zero-order chi connectivity index (χ0) is 11.6. The fourth-order valence-electron chi connectivity index (χ4n) is 1.03. The highest BCUT2D eigenvalue weighted by Gasteiger charge is 2.21. The molecule has 0 bridgehead atoms. The predicted molar refractivity (Wildman–Crippen MR) is 44.6 cm³/mol. The number of aromatic nitrogens is 1. The summed E-state index contributed by atoms with van der Waals surface area (Å²) in [5.41, 5.74) is -2.48. The van der Waals surface area contributed by atoms with E-state index in [9.17, 15) is 23.7 Å². The second-order valence-corrected chi connectivity index (χ2v) is 2.64. The maximum absolute atomic E-state index is 12.2. The van der Waals surface area contributed by atoms with Gasteiger partial charge in [-0.3, -0.25) is 0 Å². The van der Waals surface area contributed by atoms with Crippen molar-refractivity contribution in [3.63, 3.8) is 0 Å². The summed E-state index contributed by atoms with van der Waals surface area (Å²) in [6, 6.07) is 0.627. The number of halogens is 2. The van der Waals surface area contributed by atoms with E-state index in [1.54, 1.807) is 4.98 Å². The largest absolute Gasteiger partial charge is 0.391 e. The van der Waals surface area contributed by atoms with Gasteiger partial charge in [0.05, 0.1) is 12.2 Å². The fraction of sp³-hybridized carbons (Fsp3) is 0.286. The van der Waals surface area contributed by atoms with Gasteiger partial charge in [0.2, 0.25) is 0 Å². The average molecular weight is 220 g/mol. The van der Waals surface area contributed by atoms with E-state index in [4.69, 9.17) is 5.11 Å². The van der Waals surface area contributed by atoms with Crippen molar-refractivity contribution >= 4 is 5.82 Å². The Hall–Kier alpha value is -1.83. The molecule has 0 spiro atoms. The minimum atomic E-state index is -3.04. The van der Waals surface area contributed by atoms with Crippen molar-refractivity contribution in [3.05, 3.63) is 37.7 Å². The van der Waals surface area contributed by atoms with Crippen molar-refractivity contribution in [2.45, 2.75) is 13.0 Å². The molecule has 1 aromatic heterocycles. The number of hydrogen-bond acceptors (Lipinski definition) is 4. The third-order valence-electron chi connectivity index (χ3n) is 1.72. The molecule has 0 aliphatic carbocycles. The Morgan fingerprint density at radius 1 is 1.60 bits per heavy atom. The highest BCUT2D eigenvalue weighted by Crippen LogP contribution is 2.20.